The predicted octanol–water partition coefficient (Wildman–Crippen LogP) is 4.67. The second-order valence-electron chi connectivity index (χ2n) is 4.80. The van der Waals surface area contributed by atoms with Gasteiger partial charge in [-0.1, -0.05) is 31.5 Å². The van der Waals surface area contributed by atoms with Crippen LogP contribution in [0.1, 0.15) is 32.3 Å². The van der Waals surface area contributed by atoms with E-state index in [1.165, 1.54) is 18.4 Å². The van der Waals surface area contributed by atoms with Gasteiger partial charge >= 0.3 is 0 Å². The molecule has 0 heterocycles. The summed E-state index contributed by atoms with van der Waals surface area (Å²) in [7, 11) is 0. The summed E-state index contributed by atoms with van der Waals surface area (Å²) in [5.74, 6) is 0.738. The lowest BCUT2D eigenvalue weighted by Gasteiger charge is -2.07. The Morgan fingerprint density at radius 1 is 1.29 bits per heavy atom. The van der Waals surface area contributed by atoms with E-state index in [9.17, 15) is 0 Å². The Balaban J connectivity index is 2.16. The van der Waals surface area contributed by atoms with Gasteiger partial charge in [-0.2, -0.15) is 0 Å². The largest absolute Gasteiger partial charge is 0.316 e. The predicted molar refractivity (Wildman–Crippen MR) is 79.8 cm³/mol. The van der Waals surface area contributed by atoms with E-state index in [0.717, 1.165) is 34.9 Å². The van der Waals surface area contributed by atoms with Crippen LogP contribution in [0.5, 0.6) is 0 Å². The Kier molecular flexibility index (Phi) is 7.17. The van der Waals surface area contributed by atoms with Crippen molar-refractivity contribution in [1.29, 1.82) is 0 Å². The maximum Gasteiger partial charge on any atom is 0.0548 e. The van der Waals surface area contributed by atoms with Crippen LogP contribution in [0.4, 0.5) is 0 Å². The van der Waals surface area contributed by atoms with Gasteiger partial charge in [-0.25, -0.2) is 0 Å². The maximum absolute atomic E-state index is 5.96. The van der Waals surface area contributed by atoms with Crippen molar-refractivity contribution in [3.63, 3.8) is 0 Å². The van der Waals surface area contributed by atoms with Crippen LogP contribution in [0.25, 0.3) is 0 Å². The third kappa shape index (κ3) is 6.44. The Labute approximate surface area is 118 Å². The van der Waals surface area contributed by atoms with E-state index in [4.69, 9.17) is 11.6 Å². The first-order chi connectivity index (χ1) is 8.09. The lowest BCUT2D eigenvalue weighted by molar-refractivity contribution is 0.535. The molecule has 1 aromatic rings. The molecule has 0 atom stereocenters. The van der Waals surface area contributed by atoms with E-state index < -0.39 is 0 Å². The van der Waals surface area contributed by atoms with Crippen LogP contribution in [-0.4, -0.2) is 13.1 Å². The summed E-state index contributed by atoms with van der Waals surface area (Å²) in [5, 5.41) is 4.25. The van der Waals surface area contributed by atoms with Gasteiger partial charge < -0.3 is 5.32 Å². The van der Waals surface area contributed by atoms with Crippen molar-refractivity contribution in [3.8, 4) is 0 Å². The molecule has 0 aromatic heterocycles. The van der Waals surface area contributed by atoms with Crippen molar-refractivity contribution in [2.24, 2.45) is 5.92 Å². The molecule has 96 valence electrons. The summed E-state index contributed by atoms with van der Waals surface area (Å²) < 4.78 is 0.995. The zero-order valence-corrected chi connectivity index (χ0v) is 12.9. The molecule has 0 aliphatic carbocycles. The highest BCUT2D eigenvalue weighted by molar-refractivity contribution is 9.10. The Morgan fingerprint density at radius 3 is 2.71 bits per heavy atom. The van der Waals surface area contributed by atoms with Crippen molar-refractivity contribution in [2.75, 3.05) is 13.1 Å². The molecule has 1 rings (SSSR count). The normalized spacial score (nSPS) is 11.1. The fourth-order valence-electron chi connectivity index (χ4n) is 1.67. The number of aryl methyl sites for hydroxylation is 1. The van der Waals surface area contributed by atoms with Gasteiger partial charge in [0.05, 0.1) is 5.02 Å². The summed E-state index contributed by atoms with van der Waals surface area (Å²) in [5.41, 5.74) is 1.35. The highest BCUT2D eigenvalue weighted by Crippen LogP contribution is 2.23. The molecule has 0 amide bonds. The number of unbranched alkanes of at least 4 members (excludes halogenated alkanes) is 1. The number of hydrogen-bond acceptors (Lipinski definition) is 1. The molecule has 0 aliphatic heterocycles. The second-order valence-corrected chi connectivity index (χ2v) is 6.07. The van der Waals surface area contributed by atoms with E-state index >= 15 is 0 Å². The van der Waals surface area contributed by atoms with Crippen LogP contribution in [0, 0.1) is 5.92 Å². The van der Waals surface area contributed by atoms with E-state index in [-0.39, 0.29) is 0 Å². The van der Waals surface area contributed by atoms with E-state index in [1.807, 2.05) is 6.07 Å². The zero-order valence-electron chi connectivity index (χ0n) is 10.6. The molecule has 0 spiro atoms. The summed E-state index contributed by atoms with van der Waals surface area (Å²) in [6, 6.07) is 6.18. The highest BCUT2D eigenvalue weighted by Gasteiger charge is 1.99. The smallest absolute Gasteiger partial charge is 0.0548 e. The molecule has 0 saturated heterocycles. The summed E-state index contributed by atoms with van der Waals surface area (Å²) in [6.45, 7) is 6.70. The zero-order chi connectivity index (χ0) is 12.7. The molecule has 1 aromatic carbocycles. The van der Waals surface area contributed by atoms with Crippen molar-refractivity contribution >= 4 is 27.5 Å². The highest BCUT2D eigenvalue weighted by atomic mass is 79.9. The van der Waals surface area contributed by atoms with Gasteiger partial charge in [-0.05, 0) is 71.9 Å². The SMILES string of the molecule is CC(C)CNCCCCc1ccc(Cl)c(Br)c1. The third-order valence-corrected chi connectivity index (χ3v) is 3.82. The van der Waals surface area contributed by atoms with Gasteiger partial charge in [0.2, 0.25) is 0 Å². The molecule has 0 radical (unpaired) electrons. The average molecular weight is 319 g/mol. The standard InChI is InChI=1S/C14H21BrClN/c1-11(2)10-17-8-4-3-5-12-6-7-14(16)13(15)9-12/h6-7,9,11,17H,3-5,8,10H2,1-2H3. The molecule has 3 heteroatoms. The molecule has 17 heavy (non-hydrogen) atoms. The van der Waals surface area contributed by atoms with Crippen LogP contribution in [0.3, 0.4) is 0 Å². The van der Waals surface area contributed by atoms with Crippen LogP contribution < -0.4 is 5.32 Å². The molecule has 0 fully saturated rings. The van der Waals surface area contributed by atoms with E-state index in [1.54, 1.807) is 0 Å². The average Bonchev–Trinajstić information content (AvgIpc) is 2.27. The first-order valence-electron chi connectivity index (χ1n) is 6.24. The van der Waals surface area contributed by atoms with E-state index in [0.29, 0.717) is 0 Å². The Hall–Kier alpha value is -0.0500. The van der Waals surface area contributed by atoms with Crippen LogP contribution in [0.15, 0.2) is 22.7 Å². The van der Waals surface area contributed by atoms with Gasteiger partial charge in [0, 0.05) is 4.47 Å². The molecule has 0 unspecified atom stereocenters. The van der Waals surface area contributed by atoms with Gasteiger partial charge in [0.15, 0.2) is 0 Å². The van der Waals surface area contributed by atoms with Crippen LogP contribution in [0.2, 0.25) is 5.02 Å². The quantitative estimate of drug-likeness (QED) is 0.720. The van der Waals surface area contributed by atoms with E-state index in [2.05, 4.69) is 47.2 Å². The van der Waals surface area contributed by atoms with Gasteiger partial charge in [0.25, 0.3) is 0 Å². The molecular formula is C14H21BrClN. The van der Waals surface area contributed by atoms with Crippen LogP contribution >= 0.6 is 27.5 Å². The summed E-state index contributed by atoms with van der Waals surface area (Å²) in [6.07, 6.45) is 3.57. The second kappa shape index (κ2) is 8.12. The molecule has 0 saturated carbocycles. The maximum atomic E-state index is 5.96. The lowest BCUT2D eigenvalue weighted by Crippen LogP contribution is -2.20. The van der Waals surface area contributed by atoms with Crippen molar-refractivity contribution in [2.45, 2.75) is 33.1 Å². The molecule has 0 aliphatic rings. The fraction of sp³-hybridized carbons (Fsp3) is 0.571. The minimum absolute atomic E-state index is 0.738. The molecule has 1 N–H and O–H groups in total. The van der Waals surface area contributed by atoms with Gasteiger partial charge in [-0.15, -0.1) is 0 Å². The van der Waals surface area contributed by atoms with Crippen molar-refractivity contribution in [1.82, 2.24) is 5.32 Å². The number of hydrogen-bond donors (Lipinski definition) is 1. The summed E-state index contributed by atoms with van der Waals surface area (Å²) in [4.78, 5) is 0. The lowest BCUT2D eigenvalue weighted by atomic mass is 10.1. The number of halogens is 2. The summed E-state index contributed by atoms with van der Waals surface area (Å²) >= 11 is 9.41. The van der Waals surface area contributed by atoms with Gasteiger partial charge in [0.1, 0.15) is 0 Å². The van der Waals surface area contributed by atoms with Crippen molar-refractivity contribution in [3.05, 3.63) is 33.3 Å². The number of benzene rings is 1. The fourth-order valence-corrected chi connectivity index (χ4v) is 2.21. The molecule has 1 nitrogen and oxygen atoms in total. The first-order valence-corrected chi connectivity index (χ1v) is 7.41. The van der Waals surface area contributed by atoms with Crippen molar-refractivity contribution < 1.29 is 0 Å². The molecular weight excluding hydrogens is 298 g/mol. The third-order valence-electron chi connectivity index (χ3n) is 2.61. The number of nitrogens with one attached hydrogen (secondary N) is 1. The topological polar surface area (TPSA) is 12.0 Å². The minimum atomic E-state index is 0.738. The number of rotatable bonds is 7. The molecule has 0 bridgehead atoms. The van der Waals surface area contributed by atoms with Gasteiger partial charge in [-0.3, -0.25) is 0 Å². The monoisotopic (exact) mass is 317 g/mol. The first kappa shape index (κ1) is 15.0. The Morgan fingerprint density at radius 2 is 2.06 bits per heavy atom. The Bertz CT molecular complexity index is 339. The van der Waals surface area contributed by atoms with Crippen LogP contribution in [-0.2, 0) is 6.42 Å². The minimum Gasteiger partial charge on any atom is -0.316 e.